The van der Waals surface area contributed by atoms with E-state index in [9.17, 15) is 4.79 Å². The maximum Gasteiger partial charge on any atom is 0.338 e. The lowest BCUT2D eigenvalue weighted by Gasteiger charge is -2.20. The normalized spacial score (nSPS) is 29.2. The molecular formula is C13H20ClNO2. The maximum absolute atomic E-state index is 11.8. The summed E-state index contributed by atoms with van der Waals surface area (Å²) in [5, 5.41) is 3.94. The Kier molecular flexibility index (Phi) is 4.84. The first kappa shape index (κ1) is 12.9. The lowest BCUT2D eigenvalue weighted by molar-refractivity contribution is -0.149. The van der Waals surface area contributed by atoms with Crippen LogP contribution in [0.3, 0.4) is 0 Å². The molecule has 4 heteroatoms. The fourth-order valence-electron chi connectivity index (χ4n) is 2.57. The molecule has 0 saturated heterocycles. The summed E-state index contributed by atoms with van der Waals surface area (Å²) in [6.45, 7) is 0. The summed E-state index contributed by atoms with van der Waals surface area (Å²) >= 11 is 6.13. The third kappa shape index (κ3) is 3.70. The van der Waals surface area contributed by atoms with Crippen LogP contribution < -0.4 is 0 Å². The van der Waals surface area contributed by atoms with Crippen molar-refractivity contribution < 1.29 is 9.63 Å². The molecule has 0 bridgehead atoms. The lowest BCUT2D eigenvalue weighted by atomic mass is 9.89. The van der Waals surface area contributed by atoms with Crippen molar-refractivity contribution in [1.29, 1.82) is 0 Å². The van der Waals surface area contributed by atoms with Crippen molar-refractivity contribution in [2.45, 2.75) is 63.2 Å². The highest BCUT2D eigenvalue weighted by Crippen LogP contribution is 2.25. The van der Waals surface area contributed by atoms with Crippen molar-refractivity contribution in [1.82, 2.24) is 0 Å². The van der Waals surface area contributed by atoms with Crippen LogP contribution in [0.25, 0.3) is 0 Å². The molecule has 2 saturated carbocycles. The smallest absolute Gasteiger partial charge is 0.318 e. The Balaban J connectivity index is 1.83. The van der Waals surface area contributed by atoms with E-state index in [1.807, 2.05) is 0 Å². The first-order valence-electron chi connectivity index (χ1n) is 6.69. The first-order valence-corrected chi connectivity index (χ1v) is 7.12. The predicted molar refractivity (Wildman–Crippen MR) is 68.2 cm³/mol. The Labute approximate surface area is 108 Å². The van der Waals surface area contributed by atoms with Gasteiger partial charge in [-0.05, 0) is 32.1 Å². The molecule has 0 radical (unpaired) electrons. The molecule has 96 valence electrons. The van der Waals surface area contributed by atoms with Crippen molar-refractivity contribution in [3.05, 3.63) is 0 Å². The summed E-state index contributed by atoms with van der Waals surface area (Å²) in [6.07, 6.45) is 9.47. The molecular weight excluding hydrogens is 238 g/mol. The van der Waals surface area contributed by atoms with Gasteiger partial charge in [0.15, 0.2) is 0 Å². The fraction of sp³-hybridized carbons (Fsp3) is 0.846. The molecule has 0 amide bonds. The second-order valence-corrected chi connectivity index (χ2v) is 5.57. The largest absolute Gasteiger partial charge is 0.338 e. The number of hydrogen-bond acceptors (Lipinski definition) is 3. The SMILES string of the molecule is O=C(ON=C1CCCCC1Cl)C1CCCCC1. The van der Waals surface area contributed by atoms with Crippen molar-refractivity contribution >= 4 is 23.3 Å². The molecule has 0 spiro atoms. The molecule has 17 heavy (non-hydrogen) atoms. The number of carbonyl (C=O) groups is 1. The maximum atomic E-state index is 11.8. The Morgan fingerprint density at radius 2 is 1.82 bits per heavy atom. The zero-order valence-electron chi connectivity index (χ0n) is 10.2. The van der Waals surface area contributed by atoms with Crippen LogP contribution in [-0.2, 0) is 9.63 Å². The second-order valence-electron chi connectivity index (χ2n) is 5.04. The Morgan fingerprint density at radius 3 is 2.53 bits per heavy atom. The predicted octanol–water partition coefficient (Wildman–Crippen LogP) is 3.65. The Morgan fingerprint density at radius 1 is 1.12 bits per heavy atom. The van der Waals surface area contributed by atoms with Gasteiger partial charge in [0.1, 0.15) is 0 Å². The van der Waals surface area contributed by atoms with Gasteiger partial charge in [-0.1, -0.05) is 30.8 Å². The van der Waals surface area contributed by atoms with Crippen LogP contribution in [-0.4, -0.2) is 17.1 Å². The topological polar surface area (TPSA) is 38.7 Å². The van der Waals surface area contributed by atoms with E-state index in [2.05, 4.69) is 5.16 Å². The number of nitrogens with zero attached hydrogens (tertiary/aromatic N) is 1. The standard InChI is InChI=1S/C13H20ClNO2/c14-11-8-4-5-9-12(11)15-17-13(16)10-6-2-1-3-7-10/h10-11H,1-9H2. The number of rotatable bonds is 2. The molecule has 3 nitrogen and oxygen atoms in total. The van der Waals surface area contributed by atoms with Crippen LogP contribution in [0.15, 0.2) is 5.16 Å². The number of hydrogen-bond donors (Lipinski definition) is 0. The van der Waals surface area contributed by atoms with Gasteiger partial charge >= 0.3 is 5.97 Å². The van der Waals surface area contributed by atoms with E-state index in [0.29, 0.717) is 0 Å². The van der Waals surface area contributed by atoms with E-state index >= 15 is 0 Å². The van der Waals surface area contributed by atoms with E-state index in [0.717, 1.165) is 57.1 Å². The average molecular weight is 258 g/mol. The molecule has 0 aromatic rings. The van der Waals surface area contributed by atoms with E-state index in [1.165, 1.54) is 6.42 Å². The quantitative estimate of drug-likeness (QED) is 0.430. The van der Waals surface area contributed by atoms with Gasteiger partial charge in [-0.3, -0.25) is 0 Å². The van der Waals surface area contributed by atoms with E-state index in [-0.39, 0.29) is 17.3 Å². The highest BCUT2D eigenvalue weighted by atomic mass is 35.5. The molecule has 2 aliphatic rings. The van der Waals surface area contributed by atoms with E-state index in [4.69, 9.17) is 16.4 Å². The van der Waals surface area contributed by atoms with Crippen LogP contribution in [0, 0.1) is 5.92 Å². The molecule has 0 aromatic heterocycles. The third-order valence-electron chi connectivity index (χ3n) is 3.69. The zero-order valence-corrected chi connectivity index (χ0v) is 10.9. The van der Waals surface area contributed by atoms with E-state index in [1.54, 1.807) is 0 Å². The van der Waals surface area contributed by atoms with Crippen LogP contribution in [0.1, 0.15) is 57.8 Å². The van der Waals surface area contributed by atoms with Gasteiger partial charge in [0.2, 0.25) is 0 Å². The van der Waals surface area contributed by atoms with Gasteiger partial charge in [0.25, 0.3) is 0 Å². The van der Waals surface area contributed by atoms with Gasteiger partial charge in [-0.2, -0.15) is 0 Å². The minimum atomic E-state index is -0.161. The van der Waals surface area contributed by atoms with Gasteiger partial charge in [0, 0.05) is 0 Å². The van der Waals surface area contributed by atoms with Gasteiger partial charge in [-0.15, -0.1) is 11.6 Å². The van der Waals surface area contributed by atoms with Gasteiger partial charge in [-0.25, -0.2) is 4.79 Å². The van der Waals surface area contributed by atoms with Crippen molar-refractivity contribution in [2.75, 3.05) is 0 Å². The summed E-state index contributed by atoms with van der Waals surface area (Å²) in [5.41, 5.74) is 0.849. The van der Waals surface area contributed by atoms with Crippen LogP contribution in [0.4, 0.5) is 0 Å². The highest BCUT2D eigenvalue weighted by molar-refractivity contribution is 6.32. The third-order valence-corrected chi connectivity index (χ3v) is 4.16. The molecule has 2 rings (SSSR count). The van der Waals surface area contributed by atoms with Crippen LogP contribution >= 0.6 is 11.6 Å². The van der Waals surface area contributed by atoms with Crippen molar-refractivity contribution in [2.24, 2.45) is 11.1 Å². The molecule has 2 fully saturated rings. The molecule has 0 heterocycles. The number of alkyl halides is 1. The van der Waals surface area contributed by atoms with Crippen LogP contribution in [0.2, 0.25) is 0 Å². The molecule has 1 atom stereocenters. The molecule has 0 aliphatic heterocycles. The number of carbonyl (C=O) groups excluding carboxylic acids is 1. The summed E-state index contributed by atoms with van der Waals surface area (Å²) in [7, 11) is 0. The highest BCUT2D eigenvalue weighted by Gasteiger charge is 2.24. The Hall–Kier alpha value is -0.570. The second kappa shape index (κ2) is 6.39. The zero-order chi connectivity index (χ0) is 12.1. The fourth-order valence-corrected chi connectivity index (χ4v) is 2.88. The number of oxime groups is 1. The summed E-state index contributed by atoms with van der Waals surface area (Å²) in [5.74, 6) is -0.0999. The lowest BCUT2D eigenvalue weighted by Crippen LogP contribution is -2.23. The van der Waals surface area contributed by atoms with Crippen molar-refractivity contribution in [3.8, 4) is 0 Å². The molecule has 0 N–H and O–H groups in total. The van der Waals surface area contributed by atoms with Crippen LogP contribution in [0.5, 0.6) is 0 Å². The van der Waals surface area contributed by atoms with Crippen molar-refractivity contribution in [3.63, 3.8) is 0 Å². The minimum absolute atomic E-state index is 0.0390. The Bertz CT molecular complexity index is 298. The molecule has 1 unspecified atom stereocenters. The molecule has 0 aromatic carbocycles. The minimum Gasteiger partial charge on any atom is -0.318 e. The monoisotopic (exact) mass is 257 g/mol. The summed E-state index contributed by atoms with van der Waals surface area (Å²) < 4.78 is 0. The average Bonchev–Trinajstić information content (AvgIpc) is 2.38. The van der Waals surface area contributed by atoms with Gasteiger partial charge < -0.3 is 4.84 Å². The summed E-state index contributed by atoms with van der Waals surface area (Å²) in [6, 6.07) is 0. The first-order chi connectivity index (χ1) is 8.27. The number of halogens is 1. The van der Waals surface area contributed by atoms with Gasteiger partial charge in [0.05, 0.1) is 17.0 Å². The summed E-state index contributed by atoms with van der Waals surface area (Å²) in [4.78, 5) is 16.8. The van der Waals surface area contributed by atoms with E-state index < -0.39 is 0 Å². The molecule has 2 aliphatic carbocycles.